The summed E-state index contributed by atoms with van der Waals surface area (Å²) in [6, 6.07) is 7.71. The van der Waals surface area contributed by atoms with Crippen molar-refractivity contribution in [3.63, 3.8) is 0 Å². The topological polar surface area (TPSA) is 82.2 Å². The monoisotopic (exact) mass is 328 g/mol. The van der Waals surface area contributed by atoms with E-state index in [0.29, 0.717) is 11.7 Å². The van der Waals surface area contributed by atoms with Gasteiger partial charge in [0.1, 0.15) is 11.6 Å². The van der Waals surface area contributed by atoms with Crippen LogP contribution in [0, 0.1) is 6.92 Å². The van der Waals surface area contributed by atoms with E-state index in [1.165, 1.54) is 24.2 Å². The van der Waals surface area contributed by atoms with Crippen molar-refractivity contribution >= 4 is 5.91 Å². The quantitative estimate of drug-likeness (QED) is 0.811. The fourth-order valence-electron chi connectivity index (χ4n) is 3.15. The minimum Gasteiger partial charge on any atom is -0.484 e. The molecule has 1 aromatic carbocycles. The normalized spacial score (nSPS) is 16.6. The molecule has 0 saturated heterocycles. The van der Waals surface area contributed by atoms with Gasteiger partial charge in [-0.3, -0.25) is 4.79 Å². The molecule has 1 amide bonds. The number of ether oxygens (including phenoxy) is 1. The summed E-state index contributed by atoms with van der Waals surface area (Å²) in [5.41, 5.74) is 7.34. The van der Waals surface area contributed by atoms with E-state index in [9.17, 15) is 4.79 Å². The van der Waals surface area contributed by atoms with Gasteiger partial charge in [0.15, 0.2) is 6.61 Å². The third-order valence-electron chi connectivity index (χ3n) is 4.27. The lowest BCUT2D eigenvalue weighted by Gasteiger charge is -2.23. The number of hydrogen-bond acceptors (Lipinski definition) is 4. The van der Waals surface area contributed by atoms with Crippen LogP contribution in [0.2, 0.25) is 0 Å². The number of aromatic nitrogens is 2. The highest BCUT2D eigenvalue weighted by Gasteiger charge is 2.21. The molecule has 0 bridgehead atoms. The molecule has 0 fully saturated rings. The molecule has 128 valence electrons. The first-order valence-electron chi connectivity index (χ1n) is 8.36. The van der Waals surface area contributed by atoms with E-state index in [-0.39, 0.29) is 6.61 Å². The summed E-state index contributed by atoms with van der Waals surface area (Å²) in [6.07, 6.45) is 4.54. The summed E-state index contributed by atoms with van der Waals surface area (Å²) in [5, 5.41) is 3.52. The summed E-state index contributed by atoms with van der Waals surface area (Å²) in [7, 11) is 0. The van der Waals surface area contributed by atoms with Gasteiger partial charge in [-0.1, -0.05) is 12.1 Å². The second kappa shape index (κ2) is 7.49. The largest absolute Gasteiger partial charge is 0.484 e. The van der Waals surface area contributed by atoms with Gasteiger partial charge in [-0.25, -0.2) is 4.98 Å². The Labute approximate surface area is 142 Å². The molecule has 3 rings (SSSR count). The Morgan fingerprint density at radius 1 is 1.42 bits per heavy atom. The summed E-state index contributed by atoms with van der Waals surface area (Å²) in [6.45, 7) is 4.77. The zero-order valence-electron chi connectivity index (χ0n) is 14.0. The number of amides is 1. The Hall–Kier alpha value is -2.34. The highest BCUT2D eigenvalue weighted by Crippen LogP contribution is 2.26. The van der Waals surface area contributed by atoms with Crippen molar-refractivity contribution in [2.24, 2.45) is 5.73 Å². The number of fused-ring (bicyclic) bond motifs is 1. The average molecular weight is 328 g/mol. The summed E-state index contributed by atoms with van der Waals surface area (Å²) in [5.74, 6) is 1.87. The van der Waals surface area contributed by atoms with Crippen molar-refractivity contribution in [3.05, 3.63) is 47.5 Å². The van der Waals surface area contributed by atoms with Gasteiger partial charge >= 0.3 is 0 Å². The van der Waals surface area contributed by atoms with Crippen molar-refractivity contribution in [2.75, 3.05) is 13.2 Å². The van der Waals surface area contributed by atoms with Gasteiger partial charge in [0.25, 0.3) is 5.91 Å². The number of aryl methyl sites for hydroxylation is 2. The van der Waals surface area contributed by atoms with E-state index in [1.807, 2.05) is 24.3 Å². The minimum absolute atomic E-state index is 0.0919. The Morgan fingerprint density at radius 3 is 2.96 bits per heavy atom. The van der Waals surface area contributed by atoms with Crippen LogP contribution in [-0.2, 0) is 17.9 Å². The maximum absolute atomic E-state index is 10.7. The molecule has 0 radical (unpaired) electrons. The lowest BCUT2D eigenvalue weighted by atomic mass is 9.99. The third-order valence-corrected chi connectivity index (χ3v) is 4.27. The van der Waals surface area contributed by atoms with E-state index in [4.69, 9.17) is 10.5 Å². The maximum atomic E-state index is 10.7. The highest BCUT2D eigenvalue weighted by molar-refractivity contribution is 5.75. The predicted molar refractivity (Wildman–Crippen MR) is 91.8 cm³/mol. The summed E-state index contributed by atoms with van der Waals surface area (Å²) in [4.78, 5) is 15.4. The van der Waals surface area contributed by atoms with E-state index < -0.39 is 5.91 Å². The standard InChI is InChI=1S/C18H24N4O2/c1-13-11-22-8-2-3-15(18(22)21-13)10-20-9-14-4-6-16(7-5-14)24-12-17(19)23/h4-7,11,15,20H,2-3,8-10,12H2,1H3,(H2,19,23)/t15-/m0/s1. The van der Waals surface area contributed by atoms with Crippen LogP contribution in [0.5, 0.6) is 5.75 Å². The highest BCUT2D eigenvalue weighted by atomic mass is 16.5. The molecule has 24 heavy (non-hydrogen) atoms. The Bertz CT molecular complexity index is 694. The van der Waals surface area contributed by atoms with Crippen molar-refractivity contribution in [3.8, 4) is 5.75 Å². The average Bonchev–Trinajstić information content (AvgIpc) is 2.95. The van der Waals surface area contributed by atoms with Crippen molar-refractivity contribution in [2.45, 2.75) is 38.8 Å². The number of nitrogens with two attached hydrogens (primary N) is 1. The van der Waals surface area contributed by atoms with Gasteiger partial charge in [-0.05, 0) is 37.5 Å². The van der Waals surface area contributed by atoms with Crippen LogP contribution in [0.3, 0.4) is 0 Å². The zero-order chi connectivity index (χ0) is 16.9. The van der Waals surface area contributed by atoms with Gasteiger partial charge in [0.2, 0.25) is 0 Å². The number of nitrogens with one attached hydrogen (secondary N) is 1. The van der Waals surface area contributed by atoms with Gasteiger partial charge in [0.05, 0.1) is 5.69 Å². The number of primary amides is 1. The van der Waals surface area contributed by atoms with Crippen molar-refractivity contribution in [1.29, 1.82) is 0 Å². The predicted octanol–water partition coefficient (Wildman–Crippen LogP) is 1.72. The summed E-state index contributed by atoms with van der Waals surface area (Å²) < 4.78 is 7.55. The molecule has 2 heterocycles. The van der Waals surface area contributed by atoms with Crippen LogP contribution in [-0.4, -0.2) is 28.6 Å². The summed E-state index contributed by atoms with van der Waals surface area (Å²) >= 11 is 0. The molecule has 6 nitrogen and oxygen atoms in total. The first-order chi connectivity index (χ1) is 11.6. The fraction of sp³-hybridized carbons (Fsp3) is 0.444. The molecule has 0 spiro atoms. The molecule has 1 atom stereocenters. The smallest absolute Gasteiger partial charge is 0.255 e. The molecular weight excluding hydrogens is 304 g/mol. The second-order valence-corrected chi connectivity index (χ2v) is 6.30. The lowest BCUT2D eigenvalue weighted by molar-refractivity contribution is -0.119. The molecular formula is C18H24N4O2. The van der Waals surface area contributed by atoms with Crippen LogP contribution in [0.4, 0.5) is 0 Å². The molecule has 3 N–H and O–H groups in total. The van der Waals surface area contributed by atoms with Crippen LogP contribution in [0.1, 0.15) is 35.8 Å². The van der Waals surface area contributed by atoms with Crippen LogP contribution in [0.25, 0.3) is 0 Å². The van der Waals surface area contributed by atoms with Crippen LogP contribution in [0.15, 0.2) is 30.5 Å². The number of hydrogen-bond donors (Lipinski definition) is 2. The number of imidazole rings is 1. The van der Waals surface area contributed by atoms with Gasteiger partial charge in [-0.2, -0.15) is 0 Å². The fourth-order valence-corrected chi connectivity index (χ4v) is 3.15. The third kappa shape index (κ3) is 4.14. The SMILES string of the molecule is Cc1cn2c(n1)[C@H](CNCc1ccc(OCC(N)=O)cc1)CCC2. The van der Waals surface area contributed by atoms with Gasteiger partial charge in [0, 0.05) is 31.7 Å². The molecule has 1 aromatic heterocycles. The number of carbonyl (C=O) groups excluding carboxylic acids is 1. The Kier molecular flexibility index (Phi) is 5.15. The molecule has 0 aliphatic carbocycles. The molecule has 1 aliphatic rings. The number of nitrogens with zero attached hydrogens (tertiary/aromatic N) is 2. The molecule has 6 heteroatoms. The van der Waals surface area contributed by atoms with Crippen LogP contribution >= 0.6 is 0 Å². The minimum atomic E-state index is -0.471. The molecule has 0 unspecified atom stereocenters. The van der Waals surface area contributed by atoms with Crippen molar-refractivity contribution in [1.82, 2.24) is 14.9 Å². The van der Waals surface area contributed by atoms with Gasteiger partial charge < -0.3 is 20.4 Å². The molecule has 2 aromatic rings. The first kappa shape index (κ1) is 16.5. The zero-order valence-corrected chi connectivity index (χ0v) is 14.0. The van der Waals surface area contributed by atoms with Crippen LogP contribution < -0.4 is 15.8 Å². The first-order valence-corrected chi connectivity index (χ1v) is 8.36. The van der Waals surface area contributed by atoms with E-state index in [2.05, 4.69) is 28.0 Å². The van der Waals surface area contributed by atoms with E-state index >= 15 is 0 Å². The Balaban J connectivity index is 1.49. The maximum Gasteiger partial charge on any atom is 0.255 e. The Morgan fingerprint density at radius 2 is 2.21 bits per heavy atom. The van der Waals surface area contributed by atoms with Crippen molar-refractivity contribution < 1.29 is 9.53 Å². The second-order valence-electron chi connectivity index (χ2n) is 6.30. The molecule has 0 saturated carbocycles. The van der Waals surface area contributed by atoms with Gasteiger partial charge in [-0.15, -0.1) is 0 Å². The van der Waals surface area contributed by atoms with E-state index in [0.717, 1.165) is 25.3 Å². The number of rotatable bonds is 7. The molecule has 1 aliphatic heterocycles. The lowest BCUT2D eigenvalue weighted by Crippen LogP contribution is -2.26. The number of benzene rings is 1. The number of carbonyl (C=O) groups is 1. The van der Waals surface area contributed by atoms with E-state index in [1.54, 1.807) is 0 Å².